The van der Waals surface area contributed by atoms with Crippen molar-refractivity contribution in [1.29, 1.82) is 0 Å². The molecule has 0 aromatic heterocycles. The molecule has 24 heavy (non-hydrogen) atoms. The first-order valence-corrected chi connectivity index (χ1v) is 11.2. The Morgan fingerprint density at radius 2 is 1.88 bits per heavy atom. The second kappa shape index (κ2) is 7.81. The number of nitrogens with zero attached hydrogens (tertiary/aromatic N) is 1. The number of benzene rings is 1. The van der Waals surface area contributed by atoms with Gasteiger partial charge in [0, 0.05) is 24.8 Å². The number of nitrogens with two attached hydrogens (primary N) is 1. The lowest BCUT2D eigenvalue weighted by Gasteiger charge is -2.22. The van der Waals surface area contributed by atoms with Gasteiger partial charge < -0.3 is 5.73 Å². The van der Waals surface area contributed by atoms with Crippen molar-refractivity contribution in [3.05, 3.63) is 24.3 Å². The summed E-state index contributed by atoms with van der Waals surface area (Å²) in [7, 11) is -7.00. The number of hydrogen-bond donors (Lipinski definition) is 2. The number of nitrogens with one attached hydrogen (secondary N) is 1. The minimum absolute atomic E-state index is 0.0511. The molecule has 136 valence electrons. The van der Waals surface area contributed by atoms with Crippen LogP contribution in [0.15, 0.2) is 29.2 Å². The van der Waals surface area contributed by atoms with Crippen molar-refractivity contribution in [3.8, 4) is 0 Å². The molecule has 1 aromatic carbocycles. The van der Waals surface area contributed by atoms with Gasteiger partial charge in [-0.1, -0.05) is 13.3 Å². The van der Waals surface area contributed by atoms with E-state index >= 15 is 0 Å². The van der Waals surface area contributed by atoms with Gasteiger partial charge in [-0.2, -0.15) is 4.31 Å². The lowest BCUT2D eigenvalue weighted by atomic mass is 10.2. The third-order valence-electron chi connectivity index (χ3n) is 4.10. The third-order valence-corrected chi connectivity index (χ3v) is 7.43. The van der Waals surface area contributed by atoms with Crippen LogP contribution in [-0.2, 0) is 20.0 Å². The Hall–Kier alpha value is -1.16. The average molecular weight is 376 g/mol. The first kappa shape index (κ1) is 19.2. The molecule has 0 amide bonds. The molecule has 1 atom stereocenters. The van der Waals surface area contributed by atoms with E-state index in [9.17, 15) is 16.8 Å². The SMILES string of the molecule is CCCCS(=O)(=O)Nc1ccc(S(=O)(=O)N2CCCC2CN)cc1. The maximum atomic E-state index is 12.7. The smallest absolute Gasteiger partial charge is 0.243 e. The quantitative estimate of drug-likeness (QED) is 0.712. The summed E-state index contributed by atoms with van der Waals surface area (Å²) >= 11 is 0. The molecular weight excluding hydrogens is 350 g/mol. The summed E-state index contributed by atoms with van der Waals surface area (Å²) in [5.74, 6) is 0.0511. The van der Waals surface area contributed by atoms with Crippen molar-refractivity contribution < 1.29 is 16.8 Å². The van der Waals surface area contributed by atoms with Gasteiger partial charge in [-0.3, -0.25) is 4.72 Å². The normalized spacial score (nSPS) is 19.5. The van der Waals surface area contributed by atoms with E-state index < -0.39 is 20.0 Å². The van der Waals surface area contributed by atoms with Crippen LogP contribution >= 0.6 is 0 Å². The molecule has 0 saturated carbocycles. The monoisotopic (exact) mass is 375 g/mol. The third kappa shape index (κ3) is 4.47. The fourth-order valence-electron chi connectivity index (χ4n) is 2.76. The van der Waals surface area contributed by atoms with Gasteiger partial charge >= 0.3 is 0 Å². The van der Waals surface area contributed by atoms with Gasteiger partial charge in [-0.15, -0.1) is 0 Å². The fourth-order valence-corrected chi connectivity index (χ4v) is 5.73. The van der Waals surface area contributed by atoms with Crippen LogP contribution in [-0.4, -0.2) is 46.0 Å². The van der Waals surface area contributed by atoms with Crippen LogP contribution in [0, 0.1) is 0 Å². The molecule has 1 aliphatic heterocycles. The minimum atomic E-state index is -3.60. The van der Waals surface area contributed by atoms with Crippen LogP contribution in [0.5, 0.6) is 0 Å². The van der Waals surface area contributed by atoms with Crippen molar-refractivity contribution in [1.82, 2.24) is 4.31 Å². The summed E-state index contributed by atoms with van der Waals surface area (Å²) < 4.78 is 53.0. The number of hydrogen-bond acceptors (Lipinski definition) is 5. The molecule has 1 aromatic rings. The molecule has 1 saturated heterocycles. The number of unbranched alkanes of at least 4 members (excludes halogenated alkanes) is 1. The molecule has 1 heterocycles. The van der Waals surface area contributed by atoms with E-state index in [0.29, 0.717) is 25.2 Å². The number of anilines is 1. The first-order chi connectivity index (χ1) is 11.3. The highest BCUT2D eigenvalue weighted by Crippen LogP contribution is 2.26. The van der Waals surface area contributed by atoms with Crippen molar-refractivity contribution >= 4 is 25.7 Å². The zero-order chi connectivity index (χ0) is 17.8. The average Bonchev–Trinajstić information content (AvgIpc) is 3.02. The van der Waals surface area contributed by atoms with E-state index in [1.54, 1.807) is 0 Å². The van der Waals surface area contributed by atoms with Crippen molar-refractivity contribution in [2.45, 2.75) is 43.5 Å². The molecule has 0 aliphatic carbocycles. The highest BCUT2D eigenvalue weighted by molar-refractivity contribution is 7.92. The zero-order valence-electron chi connectivity index (χ0n) is 13.8. The molecule has 1 unspecified atom stereocenters. The van der Waals surface area contributed by atoms with Gasteiger partial charge in [0.25, 0.3) is 0 Å². The minimum Gasteiger partial charge on any atom is -0.329 e. The van der Waals surface area contributed by atoms with Gasteiger partial charge in [0.2, 0.25) is 20.0 Å². The summed E-state index contributed by atoms with van der Waals surface area (Å²) in [6.45, 7) is 2.69. The molecule has 1 fully saturated rings. The lowest BCUT2D eigenvalue weighted by Crippen LogP contribution is -2.39. The zero-order valence-corrected chi connectivity index (χ0v) is 15.4. The molecule has 9 heteroatoms. The second-order valence-electron chi connectivity index (χ2n) is 5.95. The van der Waals surface area contributed by atoms with Crippen molar-refractivity contribution in [2.75, 3.05) is 23.6 Å². The topological polar surface area (TPSA) is 110 Å². The first-order valence-electron chi connectivity index (χ1n) is 8.12. The Bertz CT molecular complexity index is 745. The van der Waals surface area contributed by atoms with Gasteiger partial charge in [-0.05, 0) is 43.5 Å². The van der Waals surface area contributed by atoms with Crippen LogP contribution in [0.4, 0.5) is 5.69 Å². The summed E-state index contributed by atoms with van der Waals surface area (Å²) in [4.78, 5) is 0.152. The van der Waals surface area contributed by atoms with E-state index in [4.69, 9.17) is 5.73 Å². The Balaban J connectivity index is 2.14. The standard InChI is InChI=1S/C15H25N3O4S2/c1-2-3-11-23(19,20)17-13-6-8-15(9-7-13)24(21,22)18-10-4-5-14(18)12-16/h6-9,14,17H,2-5,10-12,16H2,1H3. The molecule has 2 rings (SSSR count). The molecule has 0 bridgehead atoms. The highest BCUT2D eigenvalue weighted by Gasteiger charge is 2.34. The Labute approximate surface area is 144 Å². The summed E-state index contributed by atoms with van der Waals surface area (Å²) in [6.07, 6.45) is 2.94. The van der Waals surface area contributed by atoms with E-state index in [1.807, 2.05) is 6.92 Å². The van der Waals surface area contributed by atoms with Crippen LogP contribution in [0.3, 0.4) is 0 Å². The van der Waals surface area contributed by atoms with Gasteiger partial charge in [0.1, 0.15) is 0 Å². The Kier molecular flexibility index (Phi) is 6.24. The van der Waals surface area contributed by atoms with Crippen molar-refractivity contribution in [2.24, 2.45) is 5.73 Å². The highest BCUT2D eigenvalue weighted by atomic mass is 32.2. The van der Waals surface area contributed by atoms with Crippen LogP contribution in [0.25, 0.3) is 0 Å². The predicted molar refractivity (Wildman–Crippen MR) is 94.7 cm³/mol. The van der Waals surface area contributed by atoms with Crippen LogP contribution in [0.1, 0.15) is 32.6 Å². The summed E-state index contributed by atoms with van der Waals surface area (Å²) in [5.41, 5.74) is 6.01. The maximum Gasteiger partial charge on any atom is 0.243 e. The second-order valence-corrected chi connectivity index (χ2v) is 9.68. The molecule has 0 spiro atoms. The largest absolute Gasteiger partial charge is 0.329 e. The number of sulfonamides is 2. The van der Waals surface area contributed by atoms with Crippen LogP contribution in [0.2, 0.25) is 0 Å². The van der Waals surface area contributed by atoms with Gasteiger partial charge in [-0.25, -0.2) is 16.8 Å². The Morgan fingerprint density at radius 1 is 1.21 bits per heavy atom. The summed E-state index contributed by atoms with van der Waals surface area (Å²) in [6, 6.07) is 5.65. The predicted octanol–water partition coefficient (Wildman–Crippen LogP) is 1.34. The van der Waals surface area contributed by atoms with E-state index in [2.05, 4.69) is 4.72 Å². The number of rotatable bonds is 8. The van der Waals surface area contributed by atoms with E-state index in [1.165, 1.54) is 28.6 Å². The van der Waals surface area contributed by atoms with E-state index in [0.717, 1.165) is 19.3 Å². The molecule has 3 N–H and O–H groups in total. The summed E-state index contributed by atoms with van der Waals surface area (Å²) in [5, 5.41) is 0. The van der Waals surface area contributed by atoms with Gasteiger partial charge in [0.15, 0.2) is 0 Å². The van der Waals surface area contributed by atoms with Crippen LogP contribution < -0.4 is 10.5 Å². The molecule has 7 nitrogen and oxygen atoms in total. The maximum absolute atomic E-state index is 12.7. The fraction of sp³-hybridized carbons (Fsp3) is 0.600. The molecular formula is C15H25N3O4S2. The molecule has 1 aliphatic rings. The Morgan fingerprint density at radius 3 is 2.46 bits per heavy atom. The van der Waals surface area contributed by atoms with Crippen molar-refractivity contribution in [3.63, 3.8) is 0 Å². The van der Waals surface area contributed by atoms with Gasteiger partial charge in [0.05, 0.1) is 10.6 Å². The van der Waals surface area contributed by atoms with E-state index in [-0.39, 0.29) is 16.7 Å². The lowest BCUT2D eigenvalue weighted by molar-refractivity contribution is 0.393. The molecule has 0 radical (unpaired) electrons.